The minimum absolute atomic E-state index is 0.0403. The van der Waals surface area contributed by atoms with Crippen LogP contribution in [0, 0.1) is 61.1 Å². The van der Waals surface area contributed by atoms with Gasteiger partial charge in [-0.3, -0.25) is 15.0 Å². The minimum atomic E-state index is -0.728. The number of fused-ring (bicyclic) bond motifs is 1. The fraction of sp³-hybridized carbons (Fsp3) is 0.743. The molecular formula is C35H53N3O4. The number of amidine groups is 1. The van der Waals surface area contributed by atoms with Crippen LogP contribution in [0.1, 0.15) is 121 Å². The Kier molecular flexibility index (Phi) is 8.89. The summed E-state index contributed by atoms with van der Waals surface area (Å²) in [6.45, 7) is 22.4. The molecule has 7 nitrogen and oxygen atoms in total. The molecule has 2 saturated carbocycles. The van der Waals surface area contributed by atoms with Gasteiger partial charge in [0.05, 0.1) is 11.0 Å². The lowest BCUT2D eigenvalue weighted by Gasteiger charge is -2.61. The van der Waals surface area contributed by atoms with Gasteiger partial charge in [0.25, 0.3) is 0 Å². The largest absolute Gasteiger partial charge is 0.342 e. The predicted octanol–water partition coefficient (Wildman–Crippen LogP) is 7.67. The van der Waals surface area contributed by atoms with Crippen LogP contribution in [-0.4, -0.2) is 23.4 Å². The maximum atomic E-state index is 13.7. The van der Waals surface area contributed by atoms with Crippen molar-refractivity contribution in [2.45, 2.75) is 121 Å². The Morgan fingerprint density at radius 1 is 1.14 bits per heavy atom. The number of rotatable bonds is 6. The van der Waals surface area contributed by atoms with Crippen LogP contribution in [0.5, 0.6) is 0 Å². The lowest BCUT2D eigenvalue weighted by molar-refractivity contribution is -0.170. The Balaban J connectivity index is 2.07. The van der Waals surface area contributed by atoms with Crippen LogP contribution in [0.3, 0.4) is 0 Å². The maximum absolute atomic E-state index is 13.7. The van der Waals surface area contributed by atoms with E-state index in [1.807, 2.05) is 19.9 Å². The molecule has 2 fully saturated rings. The quantitative estimate of drug-likeness (QED) is 0.144. The third-order valence-corrected chi connectivity index (χ3v) is 11.9. The van der Waals surface area contributed by atoms with E-state index in [1.165, 1.54) is 0 Å². The first-order valence-electron chi connectivity index (χ1n) is 15.5. The Labute approximate surface area is 253 Å². The van der Waals surface area contributed by atoms with Crippen LogP contribution in [0.4, 0.5) is 0 Å². The highest BCUT2D eigenvalue weighted by Gasteiger charge is 2.61. The summed E-state index contributed by atoms with van der Waals surface area (Å²) < 4.78 is 0. The molecule has 0 radical (unpaired) electrons. The molecule has 42 heavy (non-hydrogen) atoms. The Morgan fingerprint density at radius 2 is 1.76 bits per heavy atom. The third-order valence-electron chi connectivity index (χ3n) is 11.9. The van der Waals surface area contributed by atoms with Crippen molar-refractivity contribution in [3.8, 4) is 6.07 Å². The summed E-state index contributed by atoms with van der Waals surface area (Å²) in [5.74, 6) is -0.341. The molecule has 0 aromatic rings. The van der Waals surface area contributed by atoms with E-state index in [-0.39, 0.29) is 51.6 Å². The van der Waals surface area contributed by atoms with Crippen LogP contribution in [-0.2, 0) is 19.2 Å². The second-order valence-electron chi connectivity index (χ2n) is 16.0. The number of nitrogens with zero attached hydrogens (tertiary/aromatic N) is 1. The molecule has 0 heterocycles. The normalized spacial score (nSPS) is 35.0. The zero-order valence-corrected chi connectivity index (χ0v) is 27.8. The van der Waals surface area contributed by atoms with Crippen molar-refractivity contribution in [2.75, 3.05) is 0 Å². The number of nitriles is 1. The van der Waals surface area contributed by atoms with Crippen molar-refractivity contribution < 1.29 is 19.2 Å². The van der Waals surface area contributed by atoms with E-state index in [4.69, 9.17) is 10.2 Å². The molecule has 0 aromatic heterocycles. The van der Waals surface area contributed by atoms with Crippen LogP contribution < -0.4 is 5.48 Å². The van der Waals surface area contributed by atoms with Gasteiger partial charge < -0.3 is 4.84 Å². The highest BCUT2D eigenvalue weighted by molar-refractivity contribution is 6.04. The van der Waals surface area contributed by atoms with Crippen molar-refractivity contribution >= 4 is 23.4 Å². The van der Waals surface area contributed by atoms with Crippen molar-refractivity contribution in [2.24, 2.45) is 44.3 Å². The number of hydroxylamine groups is 1. The van der Waals surface area contributed by atoms with Gasteiger partial charge in [0.1, 0.15) is 11.9 Å². The van der Waals surface area contributed by atoms with Gasteiger partial charge in [0, 0.05) is 10.8 Å². The Hall–Kier alpha value is -2.75. The summed E-state index contributed by atoms with van der Waals surface area (Å²) in [4.78, 5) is 45.3. The number of hydrogen-bond acceptors (Lipinski definition) is 6. The molecular weight excluding hydrogens is 526 g/mol. The zero-order chi connectivity index (χ0) is 32.1. The average molecular weight is 580 g/mol. The SMILES string of the molecule is CC(=N)NOC(=O)[C@]1(CCC(C)(C)[C@]2(C)CC[C@H]3C(C)(C)C(=O)C(C#N)=C[C@]3(C)/C2=C/C(C)=O)CCC(C)(C)CC1C. The molecule has 232 valence electrons. The summed E-state index contributed by atoms with van der Waals surface area (Å²) in [6, 6.07) is 2.15. The molecule has 7 heteroatoms. The van der Waals surface area contributed by atoms with E-state index in [9.17, 15) is 19.6 Å². The maximum Gasteiger partial charge on any atom is 0.338 e. The van der Waals surface area contributed by atoms with Crippen LogP contribution in [0.2, 0.25) is 0 Å². The lowest BCUT2D eigenvalue weighted by atomic mass is 9.42. The summed E-state index contributed by atoms with van der Waals surface area (Å²) in [6.07, 6.45) is 9.06. The average Bonchev–Trinajstić information content (AvgIpc) is 2.86. The first-order chi connectivity index (χ1) is 19.1. The van der Waals surface area contributed by atoms with E-state index in [0.29, 0.717) is 12.8 Å². The van der Waals surface area contributed by atoms with Crippen molar-refractivity contribution in [3.05, 3.63) is 23.3 Å². The molecule has 0 saturated heterocycles. The molecule has 0 amide bonds. The van der Waals surface area contributed by atoms with Gasteiger partial charge in [0.2, 0.25) is 0 Å². The molecule has 3 aliphatic rings. The van der Waals surface area contributed by atoms with Gasteiger partial charge in [-0.15, -0.1) is 0 Å². The van der Waals surface area contributed by atoms with Crippen molar-refractivity contribution in [1.29, 1.82) is 10.7 Å². The Morgan fingerprint density at radius 3 is 2.29 bits per heavy atom. The molecule has 5 atom stereocenters. The number of allylic oxidation sites excluding steroid dienone is 4. The second-order valence-corrected chi connectivity index (χ2v) is 16.0. The van der Waals surface area contributed by atoms with E-state index in [1.54, 1.807) is 19.9 Å². The minimum Gasteiger partial charge on any atom is -0.342 e. The third kappa shape index (κ3) is 5.63. The smallest absolute Gasteiger partial charge is 0.338 e. The molecule has 0 aromatic carbocycles. The molecule has 0 spiro atoms. The molecule has 0 aliphatic heterocycles. The molecule has 0 bridgehead atoms. The number of carbonyl (C=O) groups is 3. The van der Waals surface area contributed by atoms with Crippen LogP contribution in [0.15, 0.2) is 23.3 Å². The van der Waals surface area contributed by atoms with Gasteiger partial charge >= 0.3 is 5.97 Å². The fourth-order valence-corrected chi connectivity index (χ4v) is 8.86. The van der Waals surface area contributed by atoms with Crippen LogP contribution >= 0.6 is 0 Å². The summed E-state index contributed by atoms with van der Waals surface area (Å²) in [7, 11) is 0. The van der Waals surface area contributed by atoms with Gasteiger partial charge in [-0.05, 0) is 93.0 Å². The number of Topliss-reactive ketones (excluding diaryl/α,β-unsaturated/α-hetero) is 1. The lowest BCUT2D eigenvalue weighted by Crippen LogP contribution is -2.56. The van der Waals surface area contributed by atoms with Crippen molar-refractivity contribution in [3.63, 3.8) is 0 Å². The molecule has 2 N–H and O–H groups in total. The van der Waals surface area contributed by atoms with E-state index >= 15 is 0 Å². The second kappa shape index (κ2) is 11.1. The topological polar surface area (TPSA) is 120 Å². The van der Waals surface area contributed by atoms with Crippen molar-refractivity contribution in [1.82, 2.24) is 5.48 Å². The van der Waals surface area contributed by atoms with Gasteiger partial charge in [0.15, 0.2) is 11.6 Å². The van der Waals surface area contributed by atoms with Gasteiger partial charge in [-0.2, -0.15) is 5.26 Å². The highest BCUT2D eigenvalue weighted by Crippen LogP contribution is 2.67. The predicted molar refractivity (Wildman–Crippen MR) is 165 cm³/mol. The molecule has 3 rings (SSSR count). The number of ketones is 2. The molecule has 3 aliphatic carbocycles. The summed E-state index contributed by atoms with van der Waals surface area (Å²) in [5, 5.41) is 17.6. The van der Waals surface area contributed by atoms with E-state index in [0.717, 1.165) is 37.7 Å². The standard InChI is InChI=1S/C35H53N3O4/c1-22-19-30(4,5)14-16-35(22,29(41)42-38-24(3)37)17-15-31(6,7)34(11)13-12-26-32(8,9)28(40)25(21-36)20-33(26,10)27(34)18-23(2)39/h18,20,22,26H,12-17,19H2,1-11H3,(H2,37,38)/b27-18-/t22?,26-,33-,34+,35-/m0/s1. The highest BCUT2D eigenvalue weighted by atomic mass is 16.7. The van der Waals surface area contributed by atoms with E-state index in [2.05, 4.69) is 60.0 Å². The number of hydrogen-bond donors (Lipinski definition) is 2. The van der Waals surface area contributed by atoms with Gasteiger partial charge in [-0.25, -0.2) is 10.3 Å². The van der Waals surface area contributed by atoms with E-state index < -0.39 is 21.7 Å². The zero-order valence-electron chi connectivity index (χ0n) is 27.8. The number of nitrogens with one attached hydrogen (secondary N) is 2. The van der Waals surface area contributed by atoms with Crippen LogP contribution in [0.25, 0.3) is 0 Å². The number of carbonyl (C=O) groups excluding carboxylic acids is 3. The monoisotopic (exact) mass is 579 g/mol. The first kappa shape index (κ1) is 33.7. The van der Waals surface area contributed by atoms with Gasteiger partial charge in [-0.1, -0.05) is 74.0 Å². The summed E-state index contributed by atoms with van der Waals surface area (Å²) in [5.41, 5.74) is 0.959. The fourth-order valence-electron chi connectivity index (χ4n) is 8.86. The first-order valence-corrected chi connectivity index (χ1v) is 15.5. The molecule has 1 unspecified atom stereocenters. The Bertz CT molecular complexity index is 1270. The summed E-state index contributed by atoms with van der Waals surface area (Å²) >= 11 is 0.